The van der Waals surface area contributed by atoms with Crippen LogP contribution < -0.4 is 5.56 Å². The summed E-state index contributed by atoms with van der Waals surface area (Å²) in [6, 6.07) is 8.77. The molecule has 0 saturated heterocycles. The zero-order valence-corrected chi connectivity index (χ0v) is 10.7. The van der Waals surface area contributed by atoms with Gasteiger partial charge in [0.2, 0.25) is 0 Å². The summed E-state index contributed by atoms with van der Waals surface area (Å²) < 4.78 is 0. The largest absolute Gasteiger partial charge is 0.328 e. The molecule has 1 aromatic heterocycles. The van der Waals surface area contributed by atoms with Crippen LogP contribution in [0, 0.1) is 11.3 Å². The molecule has 0 bridgehead atoms. The first-order valence-electron chi connectivity index (χ1n) is 5.16. The molecule has 2 aromatic rings. The Balaban J connectivity index is 2.64. The molecular weight excluding hydrogens is 271 g/mol. The van der Waals surface area contributed by atoms with Gasteiger partial charge in [-0.1, -0.05) is 35.3 Å². The van der Waals surface area contributed by atoms with Gasteiger partial charge in [0.05, 0.1) is 22.5 Å². The third-order valence-electron chi connectivity index (χ3n) is 2.49. The monoisotopic (exact) mass is 278 g/mol. The van der Waals surface area contributed by atoms with Crippen molar-refractivity contribution in [2.24, 2.45) is 0 Å². The third kappa shape index (κ3) is 2.40. The second-order valence-electron chi connectivity index (χ2n) is 3.69. The van der Waals surface area contributed by atoms with Crippen LogP contribution in [0.1, 0.15) is 5.56 Å². The number of pyridine rings is 1. The molecule has 0 amide bonds. The quantitative estimate of drug-likeness (QED) is 0.915. The number of benzene rings is 1. The van der Waals surface area contributed by atoms with E-state index in [1.807, 2.05) is 6.07 Å². The fourth-order valence-corrected chi connectivity index (χ4v) is 2.04. The van der Waals surface area contributed by atoms with Crippen LogP contribution >= 0.6 is 23.2 Å². The number of nitrogens with one attached hydrogen (secondary N) is 1. The lowest BCUT2D eigenvalue weighted by molar-refractivity contribution is 1.15. The van der Waals surface area contributed by atoms with Gasteiger partial charge in [0.15, 0.2) is 0 Å². The van der Waals surface area contributed by atoms with E-state index in [2.05, 4.69) is 4.98 Å². The molecule has 0 spiro atoms. The summed E-state index contributed by atoms with van der Waals surface area (Å²) in [5.41, 5.74) is 1.43. The van der Waals surface area contributed by atoms with Crippen molar-refractivity contribution in [2.75, 3.05) is 0 Å². The number of hydrogen-bond donors (Lipinski definition) is 1. The number of hydrogen-bond acceptors (Lipinski definition) is 2. The molecule has 1 N–H and O–H groups in total. The molecule has 0 aliphatic rings. The predicted octanol–water partition coefficient (Wildman–Crippen LogP) is 3.41. The smallest absolute Gasteiger partial charge is 0.255 e. The highest BCUT2D eigenvalue weighted by molar-refractivity contribution is 6.43. The molecule has 0 unspecified atom stereocenters. The van der Waals surface area contributed by atoms with Crippen molar-refractivity contribution in [1.82, 2.24) is 4.98 Å². The number of aromatic nitrogens is 1. The van der Waals surface area contributed by atoms with E-state index >= 15 is 0 Å². The number of nitriles is 1. The SMILES string of the molecule is N#CCc1c[nH]c(=O)c(-c2cccc(Cl)c2Cl)c1. The predicted molar refractivity (Wildman–Crippen MR) is 71.8 cm³/mol. The van der Waals surface area contributed by atoms with Crippen molar-refractivity contribution in [3.8, 4) is 17.2 Å². The Morgan fingerprint density at radius 2 is 2.06 bits per heavy atom. The van der Waals surface area contributed by atoms with Crippen molar-refractivity contribution in [3.63, 3.8) is 0 Å². The molecular formula is C13H8Cl2N2O. The maximum absolute atomic E-state index is 11.8. The standard InChI is InChI=1S/C13H8Cl2N2O/c14-11-3-1-2-9(12(11)15)10-6-8(4-5-16)7-17-13(10)18/h1-3,6-7H,4H2,(H,17,18). The molecule has 0 aliphatic heterocycles. The van der Waals surface area contributed by atoms with E-state index < -0.39 is 0 Å². The van der Waals surface area contributed by atoms with Crippen LogP contribution in [0.25, 0.3) is 11.1 Å². The van der Waals surface area contributed by atoms with Gasteiger partial charge in [0.25, 0.3) is 5.56 Å². The van der Waals surface area contributed by atoms with E-state index in [9.17, 15) is 4.79 Å². The van der Waals surface area contributed by atoms with Crippen molar-refractivity contribution in [1.29, 1.82) is 5.26 Å². The molecule has 90 valence electrons. The first-order chi connectivity index (χ1) is 8.63. The summed E-state index contributed by atoms with van der Waals surface area (Å²) >= 11 is 12.0. The minimum atomic E-state index is -0.263. The molecule has 3 nitrogen and oxygen atoms in total. The molecule has 18 heavy (non-hydrogen) atoms. The van der Waals surface area contributed by atoms with Crippen LogP contribution in [0.4, 0.5) is 0 Å². The van der Waals surface area contributed by atoms with Gasteiger partial charge >= 0.3 is 0 Å². The summed E-state index contributed by atoms with van der Waals surface area (Å²) in [4.78, 5) is 14.4. The molecule has 2 rings (SSSR count). The molecule has 0 fully saturated rings. The lowest BCUT2D eigenvalue weighted by Gasteiger charge is -2.06. The average Bonchev–Trinajstić information content (AvgIpc) is 2.36. The van der Waals surface area contributed by atoms with Crippen molar-refractivity contribution >= 4 is 23.2 Å². The molecule has 0 atom stereocenters. The maximum Gasteiger partial charge on any atom is 0.255 e. The van der Waals surface area contributed by atoms with E-state index in [4.69, 9.17) is 28.5 Å². The Labute approximate surface area is 114 Å². The summed E-state index contributed by atoms with van der Waals surface area (Å²) in [5, 5.41) is 9.38. The third-order valence-corrected chi connectivity index (χ3v) is 3.31. The number of nitrogens with zero attached hydrogens (tertiary/aromatic N) is 1. The molecule has 1 heterocycles. The van der Waals surface area contributed by atoms with Gasteiger partial charge in [-0.2, -0.15) is 5.26 Å². The van der Waals surface area contributed by atoms with Crippen LogP contribution in [0.5, 0.6) is 0 Å². The van der Waals surface area contributed by atoms with E-state index in [1.165, 1.54) is 6.20 Å². The van der Waals surface area contributed by atoms with Gasteiger partial charge < -0.3 is 4.98 Å². The van der Waals surface area contributed by atoms with Gasteiger partial charge in [-0.15, -0.1) is 0 Å². The zero-order valence-electron chi connectivity index (χ0n) is 9.21. The van der Waals surface area contributed by atoms with E-state index in [0.29, 0.717) is 21.2 Å². The van der Waals surface area contributed by atoms with Gasteiger partial charge in [0.1, 0.15) is 0 Å². The molecule has 0 radical (unpaired) electrons. The lowest BCUT2D eigenvalue weighted by atomic mass is 10.0. The fourth-order valence-electron chi connectivity index (χ4n) is 1.63. The molecule has 0 aliphatic carbocycles. The first-order valence-corrected chi connectivity index (χ1v) is 5.92. The van der Waals surface area contributed by atoms with E-state index in [-0.39, 0.29) is 12.0 Å². The lowest BCUT2D eigenvalue weighted by Crippen LogP contribution is -2.09. The highest BCUT2D eigenvalue weighted by Crippen LogP contribution is 2.31. The van der Waals surface area contributed by atoms with Gasteiger partial charge in [0, 0.05) is 17.3 Å². The molecule has 1 aromatic carbocycles. The Morgan fingerprint density at radius 1 is 1.28 bits per heavy atom. The van der Waals surface area contributed by atoms with E-state index in [1.54, 1.807) is 24.3 Å². The fraction of sp³-hybridized carbons (Fsp3) is 0.0769. The second-order valence-corrected chi connectivity index (χ2v) is 4.47. The number of halogens is 2. The van der Waals surface area contributed by atoms with Gasteiger partial charge in [-0.25, -0.2) is 0 Å². The van der Waals surface area contributed by atoms with Gasteiger partial charge in [-0.05, 0) is 17.7 Å². The summed E-state index contributed by atoms with van der Waals surface area (Å²) in [6.07, 6.45) is 1.75. The highest BCUT2D eigenvalue weighted by Gasteiger charge is 2.10. The minimum Gasteiger partial charge on any atom is -0.328 e. The number of rotatable bonds is 2. The Bertz CT molecular complexity index is 686. The normalized spacial score (nSPS) is 10.1. The molecule has 5 heteroatoms. The summed E-state index contributed by atoms with van der Waals surface area (Å²) in [5.74, 6) is 0. The average molecular weight is 279 g/mol. The summed E-state index contributed by atoms with van der Waals surface area (Å²) in [6.45, 7) is 0. The minimum absolute atomic E-state index is 0.224. The van der Waals surface area contributed by atoms with Crippen LogP contribution in [0.2, 0.25) is 10.0 Å². The Hall–Kier alpha value is -1.76. The zero-order chi connectivity index (χ0) is 13.1. The Kier molecular flexibility index (Phi) is 3.71. The summed E-state index contributed by atoms with van der Waals surface area (Å²) in [7, 11) is 0. The van der Waals surface area contributed by atoms with Crippen LogP contribution in [-0.4, -0.2) is 4.98 Å². The van der Waals surface area contributed by atoms with Crippen LogP contribution in [-0.2, 0) is 6.42 Å². The van der Waals surface area contributed by atoms with Crippen molar-refractivity contribution in [3.05, 3.63) is 56.4 Å². The highest BCUT2D eigenvalue weighted by atomic mass is 35.5. The Morgan fingerprint density at radius 3 is 2.78 bits per heavy atom. The first kappa shape index (κ1) is 12.7. The maximum atomic E-state index is 11.8. The van der Waals surface area contributed by atoms with E-state index in [0.717, 1.165) is 5.56 Å². The van der Waals surface area contributed by atoms with Crippen molar-refractivity contribution < 1.29 is 0 Å². The second kappa shape index (κ2) is 5.26. The number of aromatic amines is 1. The van der Waals surface area contributed by atoms with Crippen molar-refractivity contribution in [2.45, 2.75) is 6.42 Å². The van der Waals surface area contributed by atoms with Crippen LogP contribution in [0.15, 0.2) is 35.3 Å². The van der Waals surface area contributed by atoms with Gasteiger partial charge in [-0.3, -0.25) is 4.79 Å². The molecule has 0 saturated carbocycles. The number of H-pyrrole nitrogens is 1. The topological polar surface area (TPSA) is 56.6 Å². The van der Waals surface area contributed by atoms with Crippen LogP contribution in [0.3, 0.4) is 0 Å².